The molecule has 0 aliphatic carbocycles. The van der Waals surface area contributed by atoms with Crippen molar-refractivity contribution in [1.29, 1.82) is 0 Å². The van der Waals surface area contributed by atoms with Crippen LogP contribution in [0.25, 0.3) is 11.0 Å². The Morgan fingerprint density at radius 2 is 1.97 bits per heavy atom. The van der Waals surface area contributed by atoms with Crippen molar-refractivity contribution in [3.63, 3.8) is 0 Å². The number of amides is 1. The second-order valence-electron chi connectivity index (χ2n) is 7.53. The number of unbranched alkanes of at least 4 members (excludes halogenated alkanes) is 1. The second-order valence-corrected chi connectivity index (χ2v) is 7.53. The monoisotopic (exact) mass is 409 g/mol. The molecule has 6 nitrogen and oxygen atoms in total. The number of carbonyl (C=O) groups excluding carboxylic acids is 1. The summed E-state index contributed by atoms with van der Waals surface area (Å²) in [4.78, 5) is 16.4. The number of carbonyl (C=O) groups is 1. The summed E-state index contributed by atoms with van der Waals surface area (Å²) in [6.45, 7) is 6.36. The van der Waals surface area contributed by atoms with Crippen LogP contribution in [0, 0.1) is 13.8 Å². The van der Waals surface area contributed by atoms with Gasteiger partial charge in [-0.15, -0.1) is 0 Å². The van der Waals surface area contributed by atoms with Crippen LogP contribution >= 0.6 is 0 Å². The molecule has 0 bridgehead atoms. The van der Waals surface area contributed by atoms with E-state index in [2.05, 4.69) is 41.9 Å². The number of benzene rings is 2. The number of ether oxygens (including phenoxy) is 2. The molecule has 1 N–H and O–H groups in total. The maximum absolute atomic E-state index is 11.6. The molecule has 0 spiro atoms. The molecule has 0 saturated carbocycles. The van der Waals surface area contributed by atoms with Gasteiger partial charge in [0.2, 0.25) is 5.91 Å². The minimum Gasteiger partial charge on any atom is -0.493 e. The van der Waals surface area contributed by atoms with Gasteiger partial charge in [0.05, 0.1) is 17.6 Å². The largest absolute Gasteiger partial charge is 0.493 e. The van der Waals surface area contributed by atoms with Gasteiger partial charge >= 0.3 is 0 Å². The number of fused-ring (bicyclic) bond motifs is 1. The van der Waals surface area contributed by atoms with Crippen molar-refractivity contribution >= 4 is 16.9 Å². The van der Waals surface area contributed by atoms with Gasteiger partial charge in [-0.1, -0.05) is 29.8 Å². The van der Waals surface area contributed by atoms with Crippen molar-refractivity contribution in [2.24, 2.45) is 0 Å². The van der Waals surface area contributed by atoms with E-state index in [9.17, 15) is 4.79 Å². The number of aryl methyl sites for hydroxylation is 3. The number of aromatic nitrogens is 2. The van der Waals surface area contributed by atoms with Crippen molar-refractivity contribution in [3.8, 4) is 5.75 Å². The molecular formula is C24H31N3O3. The van der Waals surface area contributed by atoms with Gasteiger partial charge in [-0.05, 0) is 50.5 Å². The molecule has 0 aliphatic heterocycles. The second kappa shape index (κ2) is 10.8. The van der Waals surface area contributed by atoms with E-state index in [4.69, 9.17) is 14.5 Å². The van der Waals surface area contributed by atoms with E-state index in [-0.39, 0.29) is 12.5 Å². The fraction of sp³-hybridized carbons (Fsp3) is 0.417. The molecule has 0 fully saturated rings. The molecule has 0 aliphatic rings. The Morgan fingerprint density at radius 3 is 2.77 bits per heavy atom. The summed E-state index contributed by atoms with van der Waals surface area (Å²) < 4.78 is 13.1. The summed E-state index contributed by atoms with van der Waals surface area (Å²) in [6, 6.07) is 14.4. The number of hydrogen-bond acceptors (Lipinski definition) is 4. The van der Waals surface area contributed by atoms with Crippen LogP contribution in [0.4, 0.5) is 0 Å². The summed E-state index contributed by atoms with van der Waals surface area (Å²) in [5, 5.41) is 2.87. The van der Waals surface area contributed by atoms with Crippen LogP contribution in [-0.4, -0.2) is 42.3 Å². The molecule has 1 aromatic heterocycles. The lowest BCUT2D eigenvalue weighted by atomic mass is 10.1. The highest BCUT2D eigenvalue weighted by atomic mass is 16.5. The molecule has 3 aromatic rings. The number of rotatable bonds is 11. The number of methoxy groups -OCH3 is 1. The van der Waals surface area contributed by atoms with E-state index in [1.54, 1.807) is 0 Å². The van der Waals surface area contributed by atoms with Gasteiger partial charge < -0.3 is 19.4 Å². The van der Waals surface area contributed by atoms with Crippen molar-refractivity contribution in [3.05, 3.63) is 59.4 Å². The Balaban J connectivity index is 1.55. The van der Waals surface area contributed by atoms with Gasteiger partial charge in [-0.2, -0.15) is 0 Å². The number of imidazole rings is 1. The van der Waals surface area contributed by atoms with Crippen LogP contribution in [0.2, 0.25) is 0 Å². The van der Waals surface area contributed by atoms with E-state index in [1.165, 1.54) is 18.2 Å². The standard InChI is InChI=1S/C24H31N3O3/c1-18-10-11-22(19(2)16-18)30-15-7-6-14-27-21-9-5-4-8-20(21)26-23(27)12-13-25-24(28)17-29-3/h4-5,8-11,16H,6-7,12-15,17H2,1-3H3,(H,25,28). The number of para-hydroxylation sites is 2. The average molecular weight is 410 g/mol. The highest BCUT2D eigenvalue weighted by Crippen LogP contribution is 2.20. The molecule has 1 amide bonds. The molecular weight excluding hydrogens is 378 g/mol. The van der Waals surface area contributed by atoms with E-state index < -0.39 is 0 Å². The number of nitrogens with zero attached hydrogens (tertiary/aromatic N) is 2. The van der Waals surface area contributed by atoms with E-state index in [1.807, 2.05) is 24.3 Å². The quantitative estimate of drug-likeness (QED) is 0.489. The lowest BCUT2D eigenvalue weighted by Gasteiger charge is -2.12. The van der Waals surface area contributed by atoms with E-state index >= 15 is 0 Å². The average Bonchev–Trinajstić information content (AvgIpc) is 3.07. The van der Waals surface area contributed by atoms with E-state index in [0.717, 1.165) is 42.0 Å². The molecule has 0 saturated heterocycles. The fourth-order valence-corrected chi connectivity index (χ4v) is 3.58. The Morgan fingerprint density at radius 1 is 1.13 bits per heavy atom. The molecule has 1 heterocycles. The third-order valence-electron chi connectivity index (χ3n) is 5.04. The zero-order valence-electron chi connectivity index (χ0n) is 18.1. The highest BCUT2D eigenvalue weighted by molar-refractivity contribution is 5.77. The summed E-state index contributed by atoms with van der Waals surface area (Å²) in [5.74, 6) is 1.84. The number of hydrogen-bond donors (Lipinski definition) is 1. The van der Waals surface area contributed by atoms with Gasteiger partial charge in [-0.25, -0.2) is 4.98 Å². The summed E-state index contributed by atoms with van der Waals surface area (Å²) in [7, 11) is 1.52. The van der Waals surface area contributed by atoms with Crippen LogP contribution in [0.5, 0.6) is 5.75 Å². The first-order valence-electron chi connectivity index (χ1n) is 10.5. The first-order valence-corrected chi connectivity index (χ1v) is 10.5. The molecule has 160 valence electrons. The summed E-state index contributed by atoms with van der Waals surface area (Å²) >= 11 is 0. The van der Waals surface area contributed by atoms with Gasteiger partial charge in [0, 0.05) is 26.6 Å². The Bertz CT molecular complexity index is 981. The normalized spacial score (nSPS) is 11.0. The van der Waals surface area contributed by atoms with Crippen molar-refractivity contribution < 1.29 is 14.3 Å². The molecule has 2 aromatic carbocycles. The zero-order chi connectivity index (χ0) is 21.3. The molecule has 0 atom stereocenters. The lowest BCUT2D eigenvalue weighted by molar-refractivity contribution is -0.124. The maximum Gasteiger partial charge on any atom is 0.245 e. The third kappa shape index (κ3) is 5.83. The smallest absolute Gasteiger partial charge is 0.245 e. The molecule has 3 rings (SSSR count). The third-order valence-corrected chi connectivity index (χ3v) is 5.04. The summed E-state index contributed by atoms with van der Waals surface area (Å²) in [5.41, 5.74) is 4.54. The Kier molecular flexibility index (Phi) is 7.85. The lowest BCUT2D eigenvalue weighted by Crippen LogP contribution is -2.29. The number of nitrogens with one attached hydrogen (secondary N) is 1. The van der Waals surface area contributed by atoms with Crippen LogP contribution < -0.4 is 10.1 Å². The molecule has 6 heteroatoms. The van der Waals surface area contributed by atoms with Gasteiger partial charge in [-0.3, -0.25) is 4.79 Å². The zero-order valence-corrected chi connectivity index (χ0v) is 18.1. The first-order chi connectivity index (χ1) is 14.6. The van der Waals surface area contributed by atoms with Crippen LogP contribution in [-0.2, 0) is 22.5 Å². The van der Waals surface area contributed by atoms with Gasteiger partial charge in [0.1, 0.15) is 18.2 Å². The van der Waals surface area contributed by atoms with Gasteiger partial charge in [0.25, 0.3) is 0 Å². The van der Waals surface area contributed by atoms with Crippen LogP contribution in [0.1, 0.15) is 29.8 Å². The predicted molar refractivity (Wildman–Crippen MR) is 119 cm³/mol. The molecule has 30 heavy (non-hydrogen) atoms. The molecule has 0 radical (unpaired) electrons. The minimum absolute atomic E-state index is 0.0802. The predicted octanol–water partition coefficient (Wildman–Crippen LogP) is 3.82. The van der Waals surface area contributed by atoms with Crippen LogP contribution in [0.15, 0.2) is 42.5 Å². The summed E-state index contributed by atoms with van der Waals surface area (Å²) in [6.07, 6.45) is 2.64. The minimum atomic E-state index is -0.108. The van der Waals surface area contributed by atoms with Crippen molar-refractivity contribution in [2.75, 3.05) is 26.9 Å². The fourth-order valence-electron chi connectivity index (χ4n) is 3.58. The molecule has 0 unspecified atom stereocenters. The SMILES string of the molecule is COCC(=O)NCCc1nc2ccccc2n1CCCCOc1ccc(C)cc1C. The Hall–Kier alpha value is -2.86. The topological polar surface area (TPSA) is 65.4 Å². The maximum atomic E-state index is 11.6. The highest BCUT2D eigenvalue weighted by Gasteiger charge is 2.11. The Labute approximate surface area is 178 Å². The van der Waals surface area contributed by atoms with Crippen molar-refractivity contribution in [1.82, 2.24) is 14.9 Å². The van der Waals surface area contributed by atoms with Crippen molar-refractivity contribution in [2.45, 2.75) is 39.7 Å². The first kappa shape index (κ1) is 21.8. The van der Waals surface area contributed by atoms with Gasteiger partial charge in [0.15, 0.2) is 0 Å². The van der Waals surface area contributed by atoms with E-state index in [0.29, 0.717) is 19.6 Å². The van der Waals surface area contributed by atoms with Crippen LogP contribution in [0.3, 0.4) is 0 Å².